The quantitative estimate of drug-likeness (QED) is 0.675. The van der Waals surface area contributed by atoms with Crippen molar-refractivity contribution in [1.29, 1.82) is 0 Å². The maximum Gasteiger partial charge on any atom is 0.237 e. The lowest BCUT2D eigenvalue weighted by molar-refractivity contribution is -0.124. The van der Waals surface area contributed by atoms with E-state index in [1.165, 1.54) is 12.8 Å². The van der Waals surface area contributed by atoms with Crippen molar-refractivity contribution < 1.29 is 9.53 Å². The van der Waals surface area contributed by atoms with Crippen LogP contribution in [-0.4, -0.2) is 55.7 Å². The van der Waals surface area contributed by atoms with E-state index in [0.717, 1.165) is 39.1 Å². The second kappa shape index (κ2) is 8.71. The summed E-state index contributed by atoms with van der Waals surface area (Å²) in [6, 6.07) is 0.250. The first-order valence-corrected chi connectivity index (χ1v) is 8.17. The molecule has 0 bridgehead atoms. The number of hydrogen-bond donors (Lipinski definition) is 2. The molecular weight excluding hydrogens is 266 g/mol. The lowest BCUT2D eigenvalue weighted by atomic mass is 9.93. The predicted molar refractivity (Wildman–Crippen MR) is 86.1 cm³/mol. The van der Waals surface area contributed by atoms with E-state index in [-0.39, 0.29) is 11.9 Å². The summed E-state index contributed by atoms with van der Waals surface area (Å²) in [5, 5.41) is 3.30. The Kier molecular flexibility index (Phi) is 7.63. The van der Waals surface area contributed by atoms with Crippen LogP contribution in [0.15, 0.2) is 0 Å². The maximum absolute atomic E-state index is 11.7. The van der Waals surface area contributed by atoms with Crippen molar-refractivity contribution in [3.63, 3.8) is 0 Å². The molecule has 0 aliphatic carbocycles. The summed E-state index contributed by atoms with van der Waals surface area (Å²) in [5.41, 5.74) is 4.95. The van der Waals surface area contributed by atoms with E-state index in [0.29, 0.717) is 5.92 Å². The highest BCUT2D eigenvalue weighted by Gasteiger charge is 2.30. The number of primary amides is 1. The first-order valence-electron chi connectivity index (χ1n) is 8.17. The van der Waals surface area contributed by atoms with Crippen LogP contribution in [0.3, 0.4) is 0 Å². The van der Waals surface area contributed by atoms with Gasteiger partial charge in [-0.2, -0.15) is 0 Å². The monoisotopic (exact) mass is 299 g/mol. The van der Waals surface area contributed by atoms with Gasteiger partial charge in [0.2, 0.25) is 5.91 Å². The van der Waals surface area contributed by atoms with Crippen LogP contribution in [0.5, 0.6) is 0 Å². The van der Waals surface area contributed by atoms with E-state index in [2.05, 4.69) is 17.3 Å². The van der Waals surface area contributed by atoms with Gasteiger partial charge in [0.1, 0.15) is 0 Å². The molecule has 1 amide bonds. The normalized spacial score (nSPS) is 22.5. The van der Waals surface area contributed by atoms with Crippen molar-refractivity contribution >= 4 is 5.91 Å². The van der Waals surface area contributed by atoms with Crippen LogP contribution in [0.2, 0.25) is 0 Å². The Morgan fingerprint density at radius 3 is 2.76 bits per heavy atom. The molecule has 5 nitrogen and oxygen atoms in total. The SMILES string of the molecule is CC(C)NC(C)(CCCN(C)CC1CCCOC1)C(N)=O. The maximum atomic E-state index is 11.7. The molecule has 2 atom stereocenters. The van der Waals surface area contributed by atoms with E-state index in [4.69, 9.17) is 10.5 Å². The summed E-state index contributed by atoms with van der Waals surface area (Å²) < 4.78 is 5.52. The third-order valence-electron chi connectivity index (χ3n) is 4.19. The molecule has 0 radical (unpaired) electrons. The molecule has 124 valence electrons. The minimum atomic E-state index is -0.608. The fourth-order valence-electron chi connectivity index (χ4n) is 3.09. The number of ether oxygens (including phenoxy) is 1. The number of carbonyl (C=O) groups excluding carboxylic acids is 1. The summed E-state index contributed by atoms with van der Waals surface area (Å²) in [6.45, 7) is 9.84. The Labute approximate surface area is 129 Å². The fraction of sp³-hybridized carbons (Fsp3) is 0.938. The van der Waals surface area contributed by atoms with Gasteiger partial charge in [0, 0.05) is 19.2 Å². The zero-order valence-corrected chi connectivity index (χ0v) is 14.2. The molecular formula is C16H33N3O2. The van der Waals surface area contributed by atoms with Gasteiger partial charge in [0.25, 0.3) is 0 Å². The minimum absolute atomic E-state index is 0.250. The number of carbonyl (C=O) groups is 1. The topological polar surface area (TPSA) is 67.6 Å². The molecule has 0 spiro atoms. The smallest absolute Gasteiger partial charge is 0.237 e. The van der Waals surface area contributed by atoms with E-state index in [9.17, 15) is 4.79 Å². The Balaban J connectivity index is 2.30. The molecule has 1 saturated heterocycles. The van der Waals surface area contributed by atoms with Crippen LogP contribution < -0.4 is 11.1 Å². The molecule has 1 aliphatic rings. The minimum Gasteiger partial charge on any atom is -0.381 e. The molecule has 1 aliphatic heterocycles. The summed E-state index contributed by atoms with van der Waals surface area (Å²) in [7, 11) is 2.14. The molecule has 0 aromatic rings. The van der Waals surface area contributed by atoms with Gasteiger partial charge in [0.15, 0.2) is 0 Å². The second-order valence-electron chi connectivity index (χ2n) is 6.94. The molecule has 5 heteroatoms. The molecule has 1 rings (SSSR count). The largest absolute Gasteiger partial charge is 0.381 e. The molecule has 1 heterocycles. The Bertz CT molecular complexity index is 317. The third-order valence-corrected chi connectivity index (χ3v) is 4.19. The van der Waals surface area contributed by atoms with Crippen LogP contribution in [0.4, 0.5) is 0 Å². The average molecular weight is 299 g/mol. The lowest BCUT2D eigenvalue weighted by Gasteiger charge is -2.31. The summed E-state index contributed by atoms with van der Waals surface area (Å²) in [4.78, 5) is 14.0. The molecule has 3 N–H and O–H groups in total. The van der Waals surface area contributed by atoms with Crippen molar-refractivity contribution in [3.8, 4) is 0 Å². The second-order valence-corrected chi connectivity index (χ2v) is 6.94. The zero-order chi connectivity index (χ0) is 15.9. The van der Waals surface area contributed by atoms with Gasteiger partial charge in [-0.25, -0.2) is 0 Å². The lowest BCUT2D eigenvalue weighted by Crippen LogP contribution is -2.55. The highest BCUT2D eigenvalue weighted by atomic mass is 16.5. The molecule has 2 unspecified atom stereocenters. The molecule has 0 aromatic carbocycles. The zero-order valence-electron chi connectivity index (χ0n) is 14.2. The highest BCUT2D eigenvalue weighted by molar-refractivity contribution is 5.84. The van der Waals surface area contributed by atoms with Gasteiger partial charge >= 0.3 is 0 Å². The van der Waals surface area contributed by atoms with Crippen LogP contribution in [0.25, 0.3) is 0 Å². The van der Waals surface area contributed by atoms with Gasteiger partial charge in [-0.1, -0.05) is 0 Å². The van der Waals surface area contributed by atoms with E-state index < -0.39 is 5.54 Å². The van der Waals surface area contributed by atoms with Crippen LogP contribution in [0.1, 0.15) is 46.5 Å². The van der Waals surface area contributed by atoms with Gasteiger partial charge < -0.3 is 20.7 Å². The van der Waals surface area contributed by atoms with Gasteiger partial charge in [0.05, 0.1) is 12.1 Å². The predicted octanol–water partition coefficient (Wildman–Crippen LogP) is 1.37. The van der Waals surface area contributed by atoms with E-state index >= 15 is 0 Å². The Morgan fingerprint density at radius 1 is 1.52 bits per heavy atom. The van der Waals surface area contributed by atoms with Crippen molar-refractivity contribution in [3.05, 3.63) is 0 Å². The molecule has 0 saturated carbocycles. The van der Waals surface area contributed by atoms with Gasteiger partial charge in [-0.3, -0.25) is 4.79 Å². The number of nitrogens with two attached hydrogens (primary N) is 1. The first-order chi connectivity index (χ1) is 9.83. The number of nitrogens with zero attached hydrogens (tertiary/aromatic N) is 1. The number of nitrogens with one attached hydrogen (secondary N) is 1. The number of hydrogen-bond acceptors (Lipinski definition) is 4. The highest BCUT2D eigenvalue weighted by Crippen LogP contribution is 2.16. The van der Waals surface area contributed by atoms with Crippen molar-refractivity contribution in [2.24, 2.45) is 11.7 Å². The van der Waals surface area contributed by atoms with Crippen LogP contribution in [-0.2, 0) is 9.53 Å². The van der Waals surface area contributed by atoms with E-state index in [1.807, 2.05) is 20.8 Å². The molecule has 1 fully saturated rings. The van der Waals surface area contributed by atoms with Crippen LogP contribution >= 0.6 is 0 Å². The standard InChI is InChI=1S/C16H33N3O2/c1-13(2)18-16(3,15(17)20)8-6-9-19(4)11-14-7-5-10-21-12-14/h13-14,18H,5-12H2,1-4H3,(H2,17,20). The summed E-state index contributed by atoms with van der Waals surface area (Å²) in [5.74, 6) is 0.389. The van der Waals surface area contributed by atoms with Gasteiger partial charge in [-0.15, -0.1) is 0 Å². The van der Waals surface area contributed by atoms with Crippen LogP contribution in [0, 0.1) is 5.92 Å². The number of amides is 1. The Hall–Kier alpha value is -0.650. The summed E-state index contributed by atoms with van der Waals surface area (Å²) in [6.07, 6.45) is 4.17. The van der Waals surface area contributed by atoms with Crippen molar-refractivity contribution in [2.45, 2.75) is 58.0 Å². The van der Waals surface area contributed by atoms with E-state index in [1.54, 1.807) is 0 Å². The molecule has 0 aromatic heterocycles. The van der Waals surface area contributed by atoms with Crippen molar-refractivity contribution in [1.82, 2.24) is 10.2 Å². The first kappa shape index (κ1) is 18.4. The fourth-order valence-corrected chi connectivity index (χ4v) is 3.09. The third kappa shape index (κ3) is 6.76. The average Bonchev–Trinajstić information content (AvgIpc) is 2.38. The number of rotatable bonds is 9. The van der Waals surface area contributed by atoms with Gasteiger partial charge in [-0.05, 0) is 66.0 Å². The molecule has 21 heavy (non-hydrogen) atoms. The Morgan fingerprint density at radius 2 is 2.24 bits per heavy atom. The van der Waals surface area contributed by atoms with Crippen molar-refractivity contribution in [2.75, 3.05) is 33.4 Å². The summed E-state index contributed by atoms with van der Waals surface area (Å²) >= 11 is 0.